The topological polar surface area (TPSA) is 49.4 Å². The summed E-state index contributed by atoms with van der Waals surface area (Å²) in [5, 5.41) is 9.08. The Morgan fingerprint density at radius 3 is 0.917 bits per heavy atom. The highest BCUT2D eigenvalue weighted by molar-refractivity contribution is 6.43. The maximum absolute atomic E-state index is 5.04. The van der Waals surface area contributed by atoms with Gasteiger partial charge >= 0.3 is 0 Å². The average molecular weight is 487 g/mol. The second-order valence-corrected chi connectivity index (χ2v) is 11.0. The summed E-state index contributed by atoms with van der Waals surface area (Å²) in [6, 6.07) is 13.0. The van der Waals surface area contributed by atoms with Crippen LogP contribution in [0.5, 0.6) is 0 Å². The van der Waals surface area contributed by atoms with Crippen molar-refractivity contribution < 1.29 is 0 Å². The Morgan fingerprint density at radius 1 is 0.444 bits per heavy atom. The van der Waals surface area contributed by atoms with Gasteiger partial charge in [-0.15, -0.1) is 0 Å². The van der Waals surface area contributed by atoms with Crippen LogP contribution >= 0.6 is 0 Å². The summed E-state index contributed by atoms with van der Waals surface area (Å²) in [6.45, 7) is 25.7. The quantitative estimate of drug-likeness (QED) is 0.250. The fourth-order valence-electron chi connectivity index (χ4n) is 4.07. The van der Waals surface area contributed by atoms with E-state index in [1.807, 2.05) is 27.7 Å². The second kappa shape index (κ2) is 12.9. The lowest BCUT2D eigenvalue weighted by Crippen LogP contribution is -2.09. The molecule has 0 radical (unpaired) electrons. The molecule has 0 unspecified atom stereocenters. The first-order valence-corrected chi connectivity index (χ1v) is 13.3. The first-order chi connectivity index (χ1) is 16.8. The third-order valence-electron chi connectivity index (χ3n) is 6.64. The lowest BCUT2D eigenvalue weighted by Gasteiger charge is -2.17. The molecular weight excluding hydrogens is 440 g/mol. The molecule has 36 heavy (non-hydrogen) atoms. The summed E-state index contributed by atoms with van der Waals surface area (Å²) < 4.78 is 0. The van der Waals surface area contributed by atoms with E-state index in [1.54, 1.807) is 0 Å². The predicted octanol–water partition coefficient (Wildman–Crippen LogP) is 9.90. The molecule has 4 heteroatoms. The molecule has 0 spiro atoms. The molecule has 2 aromatic rings. The SMILES string of the molecule is CC(=Nc1c(C(C)C)cccc1C(C)C)/C(C)=N/N=C(\C)C(C)=Nc1c(C(C)C)cccc1C(C)C. The Balaban J connectivity index is 2.45. The number of hydrogen-bond donors (Lipinski definition) is 0. The Hall–Kier alpha value is -2.88. The highest BCUT2D eigenvalue weighted by Crippen LogP contribution is 2.36. The molecule has 0 aromatic heterocycles. The third-order valence-corrected chi connectivity index (χ3v) is 6.64. The van der Waals surface area contributed by atoms with Crippen LogP contribution in [0.4, 0.5) is 11.4 Å². The molecule has 0 heterocycles. The van der Waals surface area contributed by atoms with Crippen molar-refractivity contribution >= 4 is 34.2 Å². The Kier molecular flexibility index (Phi) is 10.5. The molecule has 2 rings (SSSR count). The van der Waals surface area contributed by atoms with Crippen molar-refractivity contribution in [3.8, 4) is 0 Å². The van der Waals surface area contributed by atoms with Crippen LogP contribution < -0.4 is 0 Å². The lowest BCUT2D eigenvalue weighted by atomic mass is 9.93. The number of rotatable bonds is 9. The summed E-state index contributed by atoms with van der Waals surface area (Å²) in [6.07, 6.45) is 0. The molecule has 0 amide bonds. The van der Waals surface area contributed by atoms with Crippen LogP contribution in [0.15, 0.2) is 56.6 Å². The van der Waals surface area contributed by atoms with Crippen molar-refractivity contribution in [3.63, 3.8) is 0 Å². The normalized spacial score (nSPS) is 14.1. The molecule has 0 N–H and O–H groups in total. The van der Waals surface area contributed by atoms with Gasteiger partial charge in [0.1, 0.15) is 0 Å². The van der Waals surface area contributed by atoms with Crippen LogP contribution in [0.25, 0.3) is 0 Å². The van der Waals surface area contributed by atoms with Gasteiger partial charge in [-0.05, 0) is 73.6 Å². The fourth-order valence-corrected chi connectivity index (χ4v) is 4.07. The average Bonchev–Trinajstić information content (AvgIpc) is 2.81. The van der Waals surface area contributed by atoms with Gasteiger partial charge in [-0.1, -0.05) is 91.8 Å². The van der Waals surface area contributed by atoms with Gasteiger partial charge in [-0.2, -0.15) is 10.2 Å². The third kappa shape index (κ3) is 7.32. The largest absolute Gasteiger partial charge is 0.251 e. The van der Waals surface area contributed by atoms with E-state index in [0.717, 1.165) is 34.2 Å². The molecule has 0 fully saturated rings. The molecule has 0 atom stereocenters. The van der Waals surface area contributed by atoms with Crippen molar-refractivity contribution in [3.05, 3.63) is 58.7 Å². The van der Waals surface area contributed by atoms with Gasteiger partial charge < -0.3 is 0 Å². The van der Waals surface area contributed by atoms with Crippen molar-refractivity contribution in [2.45, 2.75) is 107 Å². The van der Waals surface area contributed by atoms with E-state index in [9.17, 15) is 0 Å². The highest BCUT2D eigenvalue weighted by Gasteiger charge is 2.15. The minimum absolute atomic E-state index is 0.399. The van der Waals surface area contributed by atoms with Crippen molar-refractivity contribution in [2.24, 2.45) is 20.2 Å². The zero-order valence-electron chi connectivity index (χ0n) is 24.6. The van der Waals surface area contributed by atoms with Gasteiger partial charge in [0.25, 0.3) is 0 Å². The van der Waals surface area contributed by atoms with E-state index in [4.69, 9.17) is 9.98 Å². The Bertz CT molecular complexity index is 1030. The van der Waals surface area contributed by atoms with Gasteiger partial charge in [-0.3, -0.25) is 9.98 Å². The van der Waals surface area contributed by atoms with Gasteiger partial charge in [0.15, 0.2) is 0 Å². The first kappa shape index (κ1) is 29.4. The number of para-hydroxylation sites is 2. The summed E-state index contributed by atoms with van der Waals surface area (Å²) in [5.74, 6) is 1.60. The summed E-state index contributed by atoms with van der Waals surface area (Å²) >= 11 is 0. The van der Waals surface area contributed by atoms with E-state index >= 15 is 0 Å². The molecule has 0 aliphatic heterocycles. The smallest absolute Gasteiger partial charge is 0.0811 e. The van der Waals surface area contributed by atoms with Crippen LogP contribution in [-0.2, 0) is 0 Å². The molecule has 0 saturated heterocycles. The maximum atomic E-state index is 5.04. The van der Waals surface area contributed by atoms with E-state index in [2.05, 4.69) is 102 Å². The van der Waals surface area contributed by atoms with E-state index in [-0.39, 0.29) is 0 Å². The molecule has 2 aromatic carbocycles. The number of benzene rings is 2. The Morgan fingerprint density at radius 2 is 0.694 bits per heavy atom. The summed E-state index contributed by atoms with van der Waals surface area (Å²) in [5.41, 5.74) is 10.6. The number of nitrogens with zero attached hydrogens (tertiary/aromatic N) is 4. The van der Waals surface area contributed by atoms with Crippen LogP contribution in [0, 0.1) is 0 Å². The van der Waals surface area contributed by atoms with Gasteiger partial charge in [0, 0.05) is 0 Å². The Labute approximate surface area is 219 Å². The molecule has 4 nitrogen and oxygen atoms in total. The van der Waals surface area contributed by atoms with Gasteiger partial charge in [0.05, 0.1) is 34.2 Å². The second-order valence-electron chi connectivity index (χ2n) is 11.0. The number of aliphatic imine (C=N–C) groups is 2. The summed E-state index contributed by atoms with van der Waals surface area (Å²) in [4.78, 5) is 10.1. The van der Waals surface area contributed by atoms with Crippen LogP contribution in [0.3, 0.4) is 0 Å². The molecule has 0 bridgehead atoms. The highest BCUT2D eigenvalue weighted by atomic mass is 15.2. The molecule has 0 aliphatic rings. The molecule has 0 saturated carbocycles. The standard InChI is InChI=1S/C32H46N4/c1-19(2)27-15-13-16-28(20(3)4)31(27)33-23(9)25(11)35-36-26(12)24(10)34-32-29(21(5)6)17-14-18-30(32)22(7)8/h13-22H,1-12H3/b33-23?,34-24?,35-25+,36-26+. The molecule has 0 aliphatic carbocycles. The van der Waals surface area contributed by atoms with Crippen LogP contribution in [0.1, 0.15) is 129 Å². The monoisotopic (exact) mass is 486 g/mol. The zero-order chi connectivity index (χ0) is 27.2. The minimum Gasteiger partial charge on any atom is -0.251 e. The van der Waals surface area contributed by atoms with Crippen molar-refractivity contribution in [1.82, 2.24) is 0 Å². The van der Waals surface area contributed by atoms with Crippen molar-refractivity contribution in [1.29, 1.82) is 0 Å². The predicted molar refractivity (Wildman–Crippen MR) is 161 cm³/mol. The first-order valence-electron chi connectivity index (χ1n) is 13.3. The number of hydrogen-bond acceptors (Lipinski definition) is 4. The van der Waals surface area contributed by atoms with Crippen LogP contribution in [0.2, 0.25) is 0 Å². The van der Waals surface area contributed by atoms with Crippen LogP contribution in [-0.4, -0.2) is 22.8 Å². The van der Waals surface area contributed by atoms with Gasteiger partial charge in [-0.25, -0.2) is 0 Å². The van der Waals surface area contributed by atoms with E-state index in [1.165, 1.54) is 22.3 Å². The molecular formula is C32H46N4. The zero-order valence-corrected chi connectivity index (χ0v) is 24.6. The molecule has 194 valence electrons. The minimum atomic E-state index is 0.399. The fraction of sp³-hybridized carbons (Fsp3) is 0.500. The summed E-state index contributed by atoms with van der Waals surface area (Å²) in [7, 11) is 0. The van der Waals surface area contributed by atoms with Crippen molar-refractivity contribution in [2.75, 3.05) is 0 Å². The van der Waals surface area contributed by atoms with Gasteiger partial charge in [0.2, 0.25) is 0 Å². The van der Waals surface area contributed by atoms with E-state index < -0.39 is 0 Å². The lowest BCUT2D eigenvalue weighted by molar-refractivity contribution is 0.834. The maximum Gasteiger partial charge on any atom is 0.0811 e. The van der Waals surface area contributed by atoms with E-state index in [0.29, 0.717) is 23.7 Å².